The molecule has 0 saturated heterocycles. The molecule has 0 aliphatic carbocycles. The zero-order chi connectivity index (χ0) is 18.4. The highest BCUT2D eigenvalue weighted by molar-refractivity contribution is 7.80. The minimum Gasteiger partial charge on any atom is -0.332 e. The molecule has 0 radical (unpaired) electrons. The molecule has 9 heteroatoms. The lowest BCUT2D eigenvalue weighted by molar-refractivity contribution is -0.385. The Labute approximate surface area is 148 Å². The Hall–Kier alpha value is -3.33. The van der Waals surface area contributed by atoms with Crippen LogP contribution in [0.3, 0.4) is 0 Å². The second-order valence-corrected chi connectivity index (χ2v) is 5.35. The van der Waals surface area contributed by atoms with E-state index < -0.39 is 10.8 Å². The van der Waals surface area contributed by atoms with Crippen LogP contribution in [0, 0.1) is 10.1 Å². The molecule has 3 N–H and O–H groups in total. The van der Waals surface area contributed by atoms with Crippen molar-refractivity contribution >= 4 is 46.2 Å². The minimum atomic E-state index is -0.681. The van der Waals surface area contributed by atoms with Crippen LogP contribution in [0.15, 0.2) is 48.5 Å². The van der Waals surface area contributed by atoms with E-state index in [1.54, 1.807) is 24.3 Å². The third kappa shape index (κ3) is 5.08. The molecular weight excluding hydrogens is 344 g/mol. The fourth-order valence-corrected chi connectivity index (χ4v) is 2.21. The van der Waals surface area contributed by atoms with E-state index in [1.165, 1.54) is 31.2 Å². The molecule has 2 rings (SSSR count). The number of amides is 2. The summed E-state index contributed by atoms with van der Waals surface area (Å²) in [6, 6.07) is 12.2. The van der Waals surface area contributed by atoms with Gasteiger partial charge < -0.3 is 10.6 Å². The summed E-state index contributed by atoms with van der Waals surface area (Å²) in [5.74, 6) is -0.868. The monoisotopic (exact) mass is 358 g/mol. The molecule has 2 aromatic carbocycles. The first-order valence-electron chi connectivity index (χ1n) is 7.10. The van der Waals surface area contributed by atoms with Crippen molar-refractivity contribution in [2.24, 2.45) is 0 Å². The van der Waals surface area contributed by atoms with Crippen molar-refractivity contribution in [1.82, 2.24) is 5.32 Å². The Morgan fingerprint density at radius 1 is 1.00 bits per heavy atom. The maximum Gasteiger partial charge on any atom is 0.282 e. The number of carbonyl (C=O) groups excluding carboxylic acids is 2. The van der Waals surface area contributed by atoms with Crippen molar-refractivity contribution in [2.75, 3.05) is 10.6 Å². The predicted octanol–water partition coefficient (Wildman–Crippen LogP) is 2.68. The summed E-state index contributed by atoms with van der Waals surface area (Å²) in [6.07, 6.45) is 0. The topological polar surface area (TPSA) is 113 Å². The third-order valence-corrected chi connectivity index (χ3v) is 3.24. The highest BCUT2D eigenvalue weighted by Crippen LogP contribution is 2.17. The van der Waals surface area contributed by atoms with E-state index in [2.05, 4.69) is 16.0 Å². The van der Waals surface area contributed by atoms with Crippen molar-refractivity contribution in [1.29, 1.82) is 0 Å². The first-order chi connectivity index (χ1) is 11.9. The van der Waals surface area contributed by atoms with Gasteiger partial charge in [0, 0.05) is 24.4 Å². The van der Waals surface area contributed by atoms with Gasteiger partial charge in [-0.3, -0.25) is 25.0 Å². The Kier molecular flexibility index (Phi) is 5.75. The van der Waals surface area contributed by atoms with Gasteiger partial charge in [-0.1, -0.05) is 12.1 Å². The summed E-state index contributed by atoms with van der Waals surface area (Å²) in [4.78, 5) is 33.4. The van der Waals surface area contributed by atoms with Gasteiger partial charge in [0.25, 0.3) is 11.6 Å². The molecule has 128 valence electrons. The van der Waals surface area contributed by atoms with E-state index in [0.29, 0.717) is 11.4 Å². The molecule has 0 unspecified atom stereocenters. The number of para-hydroxylation sites is 1. The number of hydrogen-bond acceptors (Lipinski definition) is 5. The van der Waals surface area contributed by atoms with Crippen molar-refractivity contribution in [3.05, 3.63) is 64.2 Å². The molecule has 0 bridgehead atoms. The summed E-state index contributed by atoms with van der Waals surface area (Å²) in [6.45, 7) is 1.40. The van der Waals surface area contributed by atoms with Crippen LogP contribution in [-0.4, -0.2) is 21.9 Å². The molecule has 0 aliphatic heterocycles. The van der Waals surface area contributed by atoms with E-state index in [9.17, 15) is 19.7 Å². The molecule has 2 amide bonds. The van der Waals surface area contributed by atoms with Gasteiger partial charge >= 0.3 is 0 Å². The second kappa shape index (κ2) is 7.97. The Morgan fingerprint density at radius 3 is 2.12 bits per heavy atom. The van der Waals surface area contributed by atoms with Crippen LogP contribution in [0.1, 0.15) is 17.3 Å². The number of nitrogens with one attached hydrogen (secondary N) is 3. The van der Waals surface area contributed by atoms with Crippen molar-refractivity contribution in [2.45, 2.75) is 6.92 Å². The molecule has 0 atom stereocenters. The number of thiocarbonyl (C=S) groups is 1. The molecule has 0 spiro atoms. The number of nitro groups is 1. The number of nitro benzene ring substituents is 1. The molecule has 25 heavy (non-hydrogen) atoms. The molecule has 0 aromatic heterocycles. The number of nitrogens with zero attached hydrogens (tertiary/aromatic N) is 1. The molecule has 0 fully saturated rings. The Balaban J connectivity index is 2.01. The van der Waals surface area contributed by atoms with Gasteiger partial charge in [-0.05, 0) is 42.5 Å². The zero-order valence-electron chi connectivity index (χ0n) is 13.1. The second-order valence-electron chi connectivity index (χ2n) is 4.94. The van der Waals surface area contributed by atoms with Gasteiger partial charge in [0.05, 0.1) is 4.92 Å². The lowest BCUT2D eigenvalue weighted by Gasteiger charge is -2.10. The number of hydrogen-bond donors (Lipinski definition) is 3. The SMILES string of the molecule is CC(=O)Nc1ccc(NC(=S)NC(=O)c2ccccc2[N+](=O)[O-])cc1. The highest BCUT2D eigenvalue weighted by Gasteiger charge is 2.19. The van der Waals surface area contributed by atoms with Crippen molar-refractivity contribution in [3.8, 4) is 0 Å². The lowest BCUT2D eigenvalue weighted by atomic mass is 10.1. The summed E-state index contributed by atoms with van der Waals surface area (Å²) < 4.78 is 0. The van der Waals surface area contributed by atoms with Gasteiger partial charge in [-0.2, -0.15) is 0 Å². The molecule has 0 heterocycles. The van der Waals surface area contributed by atoms with Gasteiger partial charge in [-0.15, -0.1) is 0 Å². The predicted molar refractivity (Wildman–Crippen MR) is 97.5 cm³/mol. The maximum absolute atomic E-state index is 12.2. The molecule has 8 nitrogen and oxygen atoms in total. The number of anilines is 2. The molecule has 2 aromatic rings. The number of carbonyl (C=O) groups is 2. The molecule has 0 aliphatic rings. The first-order valence-corrected chi connectivity index (χ1v) is 7.51. The van der Waals surface area contributed by atoms with E-state index in [4.69, 9.17) is 12.2 Å². The smallest absolute Gasteiger partial charge is 0.282 e. The third-order valence-electron chi connectivity index (χ3n) is 3.04. The fourth-order valence-electron chi connectivity index (χ4n) is 2.00. The van der Waals surface area contributed by atoms with Gasteiger partial charge in [0.15, 0.2) is 5.11 Å². The summed E-state index contributed by atoms with van der Waals surface area (Å²) in [7, 11) is 0. The van der Waals surface area contributed by atoms with Crippen LogP contribution in [-0.2, 0) is 4.79 Å². The van der Waals surface area contributed by atoms with Crippen LogP contribution in [0.4, 0.5) is 17.1 Å². The first kappa shape index (κ1) is 18.0. The van der Waals surface area contributed by atoms with Crippen LogP contribution in [0.2, 0.25) is 0 Å². The molecular formula is C16H14N4O4S. The van der Waals surface area contributed by atoms with E-state index in [1.807, 2.05) is 0 Å². The van der Waals surface area contributed by atoms with Gasteiger partial charge in [0.1, 0.15) is 5.56 Å². The van der Waals surface area contributed by atoms with Crippen LogP contribution >= 0.6 is 12.2 Å². The summed E-state index contributed by atoms with van der Waals surface area (Å²) in [5.41, 5.74) is 0.815. The summed E-state index contributed by atoms with van der Waals surface area (Å²) in [5, 5.41) is 18.8. The van der Waals surface area contributed by atoms with Crippen molar-refractivity contribution < 1.29 is 14.5 Å². The average Bonchev–Trinajstić information content (AvgIpc) is 2.56. The van der Waals surface area contributed by atoms with Gasteiger partial charge in [-0.25, -0.2) is 0 Å². The Bertz CT molecular complexity index is 836. The van der Waals surface area contributed by atoms with Crippen LogP contribution < -0.4 is 16.0 Å². The van der Waals surface area contributed by atoms with E-state index in [-0.39, 0.29) is 22.3 Å². The fraction of sp³-hybridized carbons (Fsp3) is 0.0625. The minimum absolute atomic E-state index is 0.00423. The standard InChI is InChI=1S/C16H14N4O4S/c1-10(21)17-11-6-8-12(9-7-11)18-16(25)19-15(22)13-4-2-3-5-14(13)20(23)24/h2-9H,1H3,(H,17,21)(H2,18,19,22,25). The maximum atomic E-state index is 12.2. The van der Waals surface area contributed by atoms with E-state index in [0.717, 1.165) is 0 Å². The van der Waals surface area contributed by atoms with Crippen LogP contribution in [0.5, 0.6) is 0 Å². The number of benzene rings is 2. The van der Waals surface area contributed by atoms with E-state index >= 15 is 0 Å². The summed E-state index contributed by atoms with van der Waals surface area (Å²) >= 11 is 5.04. The largest absolute Gasteiger partial charge is 0.332 e. The zero-order valence-corrected chi connectivity index (χ0v) is 13.9. The highest BCUT2D eigenvalue weighted by atomic mass is 32.1. The average molecular weight is 358 g/mol. The molecule has 0 saturated carbocycles. The van der Waals surface area contributed by atoms with Crippen LogP contribution in [0.25, 0.3) is 0 Å². The van der Waals surface area contributed by atoms with Gasteiger partial charge in [0.2, 0.25) is 5.91 Å². The normalized spacial score (nSPS) is 9.80. The lowest BCUT2D eigenvalue weighted by Crippen LogP contribution is -2.34. The Morgan fingerprint density at radius 2 is 1.56 bits per heavy atom. The quantitative estimate of drug-likeness (QED) is 0.440. The van der Waals surface area contributed by atoms with Crippen molar-refractivity contribution in [3.63, 3.8) is 0 Å². The number of rotatable bonds is 4.